The molecule has 1 unspecified atom stereocenters. The molecule has 1 aliphatic rings. The van der Waals surface area contributed by atoms with Crippen LogP contribution in [0.25, 0.3) is 0 Å². The maximum absolute atomic E-state index is 4.52. The Labute approximate surface area is 110 Å². The molecule has 0 bridgehead atoms. The molecule has 1 aromatic rings. The van der Waals surface area contributed by atoms with E-state index in [-0.39, 0.29) is 0 Å². The molecule has 4 heteroatoms. The van der Waals surface area contributed by atoms with E-state index in [1.165, 1.54) is 12.2 Å². The van der Waals surface area contributed by atoms with Crippen molar-refractivity contribution >= 4 is 0 Å². The van der Waals surface area contributed by atoms with Gasteiger partial charge in [0.25, 0.3) is 0 Å². The summed E-state index contributed by atoms with van der Waals surface area (Å²) in [6.07, 6.45) is 5.16. The number of imidazole rings is 1. The lowest BCUT2D eigenvalue weighted by molar-refractivity contribution is 0.134. The van der Waals surface area contributed by atoms with Crippen molar-refractivity contribution in [1.29, 1.82) is 0 Å². The van der Waals surface area contributed by atoms with E-state index < -0.39 is 0 Å². The van der Waals surface area contributed by atoms with Crippen LogP contribution in [-0.4, -0.2) is 40.6 Å². The number of rotatable bonds is 3. The highest BCUT2D eigenvalue weighted by Gasteiger charge is 2.27. The molecule has 1 N–H and O–H groups in total. The molecule has 0 spiro atoms. The zero-order valence-electron chi connectivity index (χ0n) is 12.1. The Hall–Kier alpha value is -0.870. The minimum absolute atomic E-state index is 0.400. The molecule has 1 saturated heterocycles. The van der Waals surface area contributed by atoms with Gasteiger partial charge in [-0.1, -0.05) is 20.8 Å². The highest BCUT2D eigenvalue weighted by Crippen LogP contribution is 2.24. The Bertz CT molecular complexity index is 377. The second kappa shape index (κ2) is 5.41. The molecule has 1 aliphatic heterocycles. The summed E-state index contributed by atoms with van der Waals surface area (Å²) in [5.74, 6) is 1.18. The zero-order chi connectivity index (χ0) is 13.2. The van der Waals surface area contributed by atoms with E-state index >= 15 is 0 Å². The highest BCUT2D eigenvalue weighted by molar-refractivity contribution is 5.02. The lowest BCUT2D eigenvalue weighted by Crippen LogP contribution is -2.47. The number of aryl methyl sites for hydroxylation is 1. The Morgan fingerprint density at radius 1 is 1.44 bits per heavy atom. The van der Waals surface area contributed by atoms with Crippen LogP contribution in [0.2, 0.25) is 0 Å². The van der Waals surface area contributed by atoms with Crippen LogP contribution in [0, 0.1) is 5.41 Å². The van der Waals surface area contributed by atoms with E-state index in [4.69, 9.17) is 0 Å². The Kier molecular flexibility index (Phi) is 4.07. The van der Waals surface area contributed by atoms with Gasteiger partial charge in [-0.3, -0.25) is 4.90 Å². The van der Waals surface area contributed by atoms with Crippen LogP contribution in [0.4, 0.5) is 0 Å². The van der Waals surface area contributed by atoms with E-state index in [2.05, 4.69) is 47.6 Å². The molecule has 1 fully saturated rings. The SMILES string of the molecule is Cn1ccnc1C1CNCCN1CCC(C)(C)C. The molecule has 0 saturated carbocycles. The van der Waals surface area contributed by atoms with Crippen LogP contribution in [0.5, 0.6) is 0 Å². The third kappa shape index (κ3) is 3.33. The predicted molar refractivity (Wildman–Crippen MR) is 74.5 cm³/mol. The molecule has 2 rings (SSSR count). The third-order valence-electron chi connectivity index (χ3n) is 3.66. The average molecular weight is 250 g/mol. The number of hydrogen-bond donors (Lipinski definition) is 1. The predicted octanol–water partition coefficient (Wildman–Crippen LogP) is 1.80. The van der Waals surface area contributed by atoms with E-state index in [1.807, 2.05) is 12.4 Å². The first-order chi connectivity index (χ1) is 8.47. The summed E-state index contributed by atoms with van der Waals surface area (Å²) in [5.41, 5.74) is 0.400. The summed E-state index contributed by atoms with van der Waals surface area (Å²) < 4.78 is 2.14. The van der Waals surface area contributed by atoms with Crippen LogP contribution in [0.3, 0.4) is 0 Å². The van der Waals surface area contributed by atoms with Gasteiger partial charge in [-0.15, -0.1) is 0 Å². The Morgan fingerprint density at radius 2 is 2.22 bits per heavy atom. The van der Waals surface area contributed by atoms with Crippen molar-refractivity contribution in [3.05, 3.63) is 18.2 Å². The Morgan fingerprint density at radius 3 is 2.83 bits per heavy atom. The second-order valence-electron chi connectivity index (χ2n) is 6.46. The van der Waals surface area contributed by atoms with Gasteiger partial charge in [-0.2, -0.15) is 0 Å². The first kappa shape index (κ1) is 13.6. The Balaban J connectivity index is 2.05. The largest absolute Gasteiger partial charge is 0.337 e. The van der Waals surface area contributed by atoms with Gasteiger partial charge in [0.05, 0.1) is 6.04 Å². The van der Waals surface area contributed by atoms with Gasteiger partial charge in [0, 0.05) is 39.1 Å². The van der Waals surface area contributed by atoms with Gasteiger partial charge in [0.1, 0.15) is 5.82 Å². The van der Waals surface area contributed by atoms with Gasteiger partial charge in [-0.25, -0.2) is 4.98 Å². The lowest BCUT2D eigenvalue weighted by atomic mass is 9.91. The van der Waals surface area contributed by atoms with Crippen LogP contribution < -0.4 is 5.32 Å². The maximum atomic E-state index is 4.52. The molecule has 1 atom stereocenters. The van der Waals surface area contributed by atoms with Crippen molar-refractivity contribution in [2.45, 2.75) is 33.2 Å². The summed E-state index contributed by atoms with van der Waals surface area (Å²) >= 11 is 0. The van der Waals surface area contributed by atoms with Gasteiger partial charge in [-0.05, 0) is 18.4 Å². The number of nitrogens with one attached hydrogen (secondary N) is 1. The molecular formula is C14H26N4. The maximum Gasteiger partial charge on any atom is 0.127 e. The molecule has 0 radical (unpaired) electrons. The monoisotopic (exact) mass is 250 g/mol. The van der Waals surface area contributed by atoms with E-state index in [1.54, 1.807) is 0 Å². The standard InChI is InChI=1S/C14H26N4/c1-14(2,3)5-8-18-10-6-15-11-12(18)13-16-7-9-17(13)4/h7,9,12,15H,5-6,8,10-11H2,1-4H3. The molecular weight excluding hydrogens is 224 g/mol. The van der Waals surface area contributed by atoms with E-state index in [9.17, 15) is 0 Å². The summed E-state index contributed by atoms with van der Waals surface area (Å²) in [4.78, 5) is 7.09. The van der Waals surface area contributed by atoms with Crippen LogP contribution in [-0.2, 0) is 7.05 Å². The molecule has 4 nitrogen and oxygen atoms in total. The van der Waals surface area contributed by atoms with Gasteiger partial charge < -0.3 is 9.88 Å². The summed E-state index contributed by atoms with van der Waals surface area (Å²) in [6.45, 7) is 11.3. The first-order valence-electron chi connectivity index (χ1n) is 6.89. The summed E-state index contributed by atoms with van der Waals surface area (Å²) in [7, 11) is 2.08. The molecule has 0 aromatic carbocycles. The molecule has 1 aromatic heterocycles. The molecule has 102 valence electrons. The van der Waals surface area contributed by atoms with Crippen molar-refractivity contribution in [2.24, 2.45) is 12.5 Å². The molecule has 2 heterocycles. The van der Waals surface area contributed by atoms with Crippen molar-refractivity contribution in [3.63, 3.8) is 0 Å². The van der Waals surface area contributed by atoms with Crippen LogP contribution >= 0.6 is 0 Å². The average Bonchev–Trinajstić information content (AvgIpc) is 2.72. The van der Waals surface area contributed by atoms with E-state index in [0.717, 1.165) is 26.2 Å². The van der Waals surface area contributed by atoms with Crippen LogP contribution in [0.1, 0.15) is 39.1 Å². The minimum Gasteiger partial charge on any atom is -0.337 e. The first-order valence-corrected chi connectivity index (χ1v) is 6.89. The lowest BCUT2D eigenvalue weighted by Gasteiger charge is -2.37. The topological polar surface area (TPSA) is 33.1 Å². The zero-order valence-corrected chi connectivity index (χ0v) is 12.1. The van der Waals surface area contributed by atoms with Gasteiger partial charge in [0.2, 0.25) is 0 Å². The van der Waals surface area contributed by atoms with Crippen molar-refractivity contribution < 1.29 is 0 Å². The van der Waals surface area contributed by atoms with Gasteiger partial charge >= 0.3 is 0 Å². The number of nitrogens with zero attached hydrogens (tertiary/aromatic N) is 3. The summed E-state index contributed by atoms with van der Waals surface area (Å²) in [5, 5.41) is 3.48. The number of hydrogen-bond acceptors (Lipinski definition) is 3. The normalized spacial score (nSPS) is 22.3. The van der Waals surface area contributed by atoms with Crippen molar-refractivity contribution in [2.75, 3.05) is 26.2 Å². The fourth-order valence-corrected chi connectivity index (χ4v) is 2.45. The quantitative estimate of drug-likeness (QED) is 0.888. The molecule has 18 heavy (non-hydrogen) atoms. The number of piperazine rings is 1. The van der Waals surface area contributed by atoms with Crippen molar-refractivity contribution in [3.8, 4) is 0 Å². The second-order valence-corrected chi connectivity index (χ2v) is 6.46. The van der Waals surface area contributed by atoms with Crippen LogP contribution in [0.15, 0.2) is 12.4 Å². The minimum atomic E-state index is 0.400. The fourth-order valence-electron chi connectivity index (χ4n) is 2.45. The van der Waals surface area contributed by atoms with Gasteiger partial charge in [0.15, 0.2) is 0 Å². The number of aromatic nitrogens is 2. The fraction of sp³-hybridized carbons (Fsp3) is 0.786. The smallest absolute Gasteiger partial charge is 0.127 e. The molecule has 0 aliphatic carbocycles. The summed E-state index contributed by atoms with van der Waals surface area (Å²) in [6, 6.07) is 0.418. The highest BCUT2D eigenvalue weighted by atomic mass is 15.3. The molecule has 0 amide bonds. The van der Waals surface area contributed by atoms with E-state index in [0.29, 0.717) is 11.5 Å². The van der Waals surface area contributed by atoms with Crippen molar-refractivity contribution in [1.82, 2.24) is 19.8 Å². The third-order valence-corrected chi connectivity index (χ3v) is 3.66.